The number of rotatable bonds is 1. The SMILES string of the molecule is COC(=O)c1cc2c(C)cccc2oc1=O. The lowest BCUT2D eigenvalue weighted by molar-refractivity contribution is 0.0596. The Morgan fingerprint density at radius 2 is 2.12 bits per heavy atom. The van der Waals surface area contributed by atoms with Crippen LogP contribution in [0.25, 0.3) is 11.0 Å². The molecule has 0 fully saturated rings. The number of hydrogen-bond donors (Lipinski definition) is 0. The van der Waals surface area contributed by atoms with Gasteiger partial charge in [0.25, 0.3) is 0 Å². The maximum atomic E-state index is 11.5. The molecule has 0 spiro atoms. The van der Waals surface area contributed by atoms with Crippen LogP contribution < -0.4 is 5.63 Å². The summed E-state index contributed by atoms with van der Waals surface area (Å²) in [6.07, 6.45) is 0. The second-order valence-electron chi connectivity index (χ2n) is 3.43. The highest BCUT2D eigenvalue weighted by Crippen LogP contribution is 2.17. The minimum Gasteiger partial charge on any atom is -0.465 e. The molecule has 0 atom stereocenters. The Balaban J connectivity index is 2.79. The maximum Gasteiger partial charge on any atom is 0.351 e. The predicted molar refractivity (Wildman–Crippen MR) is 58.6 cm³/mol. The number of aryl methyl sites for hydroxylation is 1. The van der Waals surface area contributed by atoms with E-state index in [1.54, 1.807) is 12.1 Å². The van der Waals surface area contributed by atoms with Gasteiger partial charge in [0.1, 0.15) is 11.1 Å². The van der Waals surface area contributed by atoms with Crippen LogP contribution in [0.3, 0.4) is 0 Å². The largest absolute Gasteiger partial charge is 0.465 e. The standard InChI is InChI=1S/C12H10O4/c1-7-4-3-5-10-8(7)6-9(11(13)15-2)12(14)16-10/h3-6H,1-2H3. The highest BCUT2D eigenvalue weighted by Gasteiger charge is 2.14. The number of carbonyl (C=O) groups excluding carboxylic acids is 1. The van der Waals surface area contributed by atoms with Crippen molar-refractivity contribution < 1.29 is 13.9 Å². The van der Waals surface area contributed by atoms with E-state index in [1.807, 2.05) is 13.0 Å². The molecule has 0 aliphatic rings. The summed E-state index contributed by atoms with van der Waals surface area (Å²) in [5.74, 6) is -0.682. The van der Waals surface area contributed by atoms with E-state index in [2.05, 4.69) is 4.74 Å². The van der Waals surface area contributed by atoms with E-state index in [1.165, 1.54) is 13.2 Å². The minimum atomic E-state index is -0.682. The van der Waals surface area contributed by atoms with Gasteiger partial charge in [-0.3, -0.25) is 0 Å². The minimum absolute atomic E-state index is 0.0794. The molecule has 0 bridgehead atoms. The molecule has 0 aliphatic heterocycles. The highest BCUT2D eigenvalue weighted by molar-refractivity contribution is 5.93. The molecule has 0 saturated carbocycles. The van der Waals surface area contributed by atoms with Crippen LogP contribution in [0.15, 0.2) is 33.5 Å². The molecule has 82 valence electrons. The zero-order valence-electron chi connectivity index (χ0n) is 8.94. The van der Waals surface area contributed by atoms with Crippen LogP contribution in [-0.4, -0.2) is 13.1 Å². The van der Waals surface area contributed by atoms with Crippen LogP contribution in [0.5, 0.6) is 0 Å². The first-order valence-electron chi connectivity index (χ1n) is 4.75. The third kappa shape index (κ3) is 1.58. The van der Waals surface area contributed by atoms with Crippen molar-refractivity contribution >= 4 is 16.9 Å². The number of hydrogen-bond acceptors (Lipinski definition) is 4. The highest BCUT2D eigenvalue weighted by atomic mass is 16.5. The quantitative estimate of drug-likeness (QED) is 0.541. The number of ether oxygens (including phenoxy) is 1. The summed E-state index contributed by atoms with van der Waals surface area (Å²) < 4.78 is 9.55. The first kappa shape index (κ1) is 10.4. The third-order valence-corrected chi connectivity index (χ3v) is 2.40. The van der Waals surface area contributed by atoms with Crippen molar-refractivity contribution in [2.24, 2.45) is 0 Å². The fourth-order valence-electron chi connectivity index (χ4n) is 1.54. The molecule has 1 aromatic heterocycles. The lowest BCUT2D eigenvalue weighted by Crippen LogP contribution is -2.15. The fourth-order valence-corrected chi connectivity index (χ4v) is 1.54. The summed E-state index contributed by atoms with van der Waals surface area (Å²) in [6.45, 7) is 1.88. The summed E-state index contributed by atoms with van der Waals surface area (Å²) in [5, 5.41) is 0.738. The molecule has 4 nitrogen and oxygen atoms in total. The van der Waals surface area contributed by atoms with E-state index in [9.17, 15) is 9.59 Å². The number of carbonyl (C=O) groups is 1. The van der Waals surface area contributed by atoms with Gasteiger partial charge in [0.15, 0.2) is 0 Å². The van der Waals surface area contributed by atoms with E-state index in [4.69, 9.17) is 4.42 Å². The zero-order valence-corrected chi connectivity index (χ0v) is 8.94. The average Bonchev–Trinajstić information content (AvgIpc) is 2.28. The molecule has 0 saturated heterocycles. The normalized spacial score (nSPS) is 10.4. The zero-order chi connectivity index (χ0) is 11.7. The van der Waals surface area contributed by atoms with Crippen molar-refractivity contribution in [3.8, 4) is 0 Å². The molecule has 16 heavy (non-hydrogen) atoms. The van der Waals surface area contributed by atoms with Crippen LogP contribution in [-0.2, 0) is 4.74 Å². The molecule has 1 heterocycles. The Bertz CT molecular complexity index is 610. The van der Waals surface area contributed by atoms with Gasteiger partial charge < -0.3 is 9.15 Å². The molecule has 0 unspecified atom stereocenters. The summed E-state index contributed by atoms with van der Waals surface area (Å²) >= 11 is 0. The number of methoxy groups -OCH3 is 1. The summed E-state index contributed by atoms with van der Waals surface area (Å²) in [7, 11) is 1.23. The molecule has 2 rings (SSSR count). The molecule has 4 heteroatoms. The van der Waals surface area contributed by atoms with E-state index < -0.39 is 11.6 Å². The van der Waals surface area contributed by atoms with E-state index in [0.717, 1.165) is 10.9 Å². The first-order chi connectivity index (χ1) is 7.63. The molecular weight excluding hydrogens is 208 g/mol. The fraction of sp³-hybridized carbons (Fsp3) is 0.167. The molecule has 0 radical (unpaired) electrons. The third-order valence-electron chi connectivity index (χ3n) is 2.40. The van der Waals surface area contributed by atoms with Gasteiger partial charge >= 0.3 is 11.6 Å². The smallest absolute Gasteiger partial charge is 0.351 e. The van der Waals surface area contributed by atoms with Crippen molar-refractivity contribution in [1.82, 2.24) is 0 Å². The summed E-state index contributed by atoms with van der Waals surface area (Å²) in [4.78, 5) is 22.8. The summed E-state index contributed by atoms with van der Waals surface area (Å²) in [6, 6.07) is 6.86. The number of esters is 1. The van der Waals surface area contributed by atoms with Gasteiger partial charge in [-0.05, 0) is 24.6 Å². The van der Waals surface area contributed by atoms with Crippen molar-refractivity contribution in [3.05, 3.63) is 45.8 Å². The van der Waals surface area contributed by atoms with Gasteiger partial charge in [-0.15, -0.1) is 0 Å². The molecular formula is C12H10O4. The van der Waals surface area contributed by atoms with Crippen LogP contribution >= 0.6 is 0 Å². The van der Waals surface area contributed by atoms with Gasteiger partial charge in [0.05, 0.1) is 7.11 Å². The summed E-state index contributed by atoms with van der Waals surface area (Å²) in [5.41, 5.74) is 0.651. The van der Waals surface area contributed by atoms with E-state index >= 15 is 0 Å². The van der Waals surface area contributed by atoms with Gasteiger partial charge in [0.2, 0.25) is 0 Å². The number of fused-ring (bicyclic) bond motifs is 1. The Kier molecular flexibility index (Phi) is 2.48. The van der Waals surface area contributed by atoms with Crippen molar-refractivity contribution in [3.63, 3.8) is 0 Å². The second kappa shape index (κ2) is 3.81. The van der Waals surface area contributed by atoms with E-state index in [0.29, 0.717) is 5.58 Å². The van der Waals surface area contributed by atoms with Gasteiger partial charge in [-0.1, -0.05) is 12.1 Å². The molecule has 0 amide bonds. The van der Waals surface area contributed by atoms with Gasteiger partial charge in [-0.25, -0.2) is 9.59 Å². The Morgan fingerprint density at radius 3 is 2.81 bits per heavy atom. The topological polar surface area (TPSA) is 56.5 Å². The average molecular weight is 218 g/mol. The van der Waals surface area contributed by atoms with Crippen LogP contribution in [0.4, 0.5) is 0 Å². The van der Waals surface area contributed by atoms with Crippen molar-refractivity contribution in [2.45, 2.75) is 6.92 Å². The predicted octanol–water partition coefficient (Wildman–Crippen LogP) is 1.89. The van der Waals surface area contributed by atoms with Gasteiger partial charge in [-0.2, -0.15) is 0 Å². The number of benzene rings is 1. The van der Waals surface area contributed by atoms with Gasteiger partial charge in [0, 0.05) is 5.39 Å². The Labute approximate surface area is 91.4 Å². The Morgan fingerprint density at radius 1 is 1.38 bits per heavy atom. The lowest BCUT2D eigenvalue weighted by atomic mass is 10.1. The van der Waals surface area contributed by atoms with Crippen molar-refractivity contribution in [1.29, 1.82) is 0 Å². The van der Waals surface area contributed by atoms with E-state index in [-0.39, 0.29) is 5.56 Å². The molecule has 2 aromatic rings. The molecule has 0 aliphatic carbocycles. The second-order valence-corrected chi connectivity index (χ2v) is 3.43. The lowest BCUT2D eigenvalue weighted by Gasteiger charge is -2.02. The van der Waals surface area contributed by atoms with Crippen LogP contribution in [0.1, 0.15) is 15.9 Å². The van der Waals surface area contributed by atoms with Crippen LogP contribution in [0, 0.1) is 6.92 Å². The molecule has 0 N–H and O–H groups in total. The Hall–Kier alpha value is -2.10. The molecule has 1 aromatic carbocycles. The van der Waals surface area contributed by atoms with Crippen molar-refractivity contribution in [2.75, 3.05) is 7.11 Å². The van der Waals surface area contributed by atoms with Crippen LogP contribution in [0.2, 0.25) is 0 Å². The maximum absolute atomic E-state index is 11.5. The monoisotopic (exact) mass is 218 g/mol. The first-order valence-corrected chi connectivity index (χ1v) is 4.75.